The van der Waals surface area contributed by atoms with E-state index >= 15 is 0 Å². The first-order chi connectivity index (χ1) is 11.8. The molecule has 1 aromatic carbocycles. The molecule has 2 fully saturated rings. The summed E-state index contributed by atoms with van der Waals surface area (Å²) in [5.74, 6) is 2.64. The first-order valence-electron chi connectivity index (χ1n) is 10.1. The van der Waals surface area contributed by atoms with Gasteiger partial charge >= 0.3 is 0 Å². The van der Waals surface area contributed by atoms with Gasteiger partial charge in [-0.3, -0.25) is 0 Å². The lowest BCUT2D eigenvalue weighted by Gasteiger charge is -2.42. The molecule has 0 amide bonds. The van der Waals surface area contributed by atoms with Crippen LogP contribution in [-0.2, 0) is 11.2 Å². The maximum absolute atomic E-state index is 6.03. The Morgan fingerprint density at radius 1 is 1.04 bits per heavy atom. The van der Waals surface area contributed by atoms with Gasteiger partial charge < -0.3 is 4.74 Å². The average molecular weight is 327 g/mol. The zero-order valence-corrected chi connectivity index (χ0v) is 15.4. The third-order valence-electron chi connectivity index (χ3n) is 6.21. The van der Waals surface area contributed by atoms with Crippen molar-refractivity contribution in [3.8, 4) is 0 Å². The fourth-order valence-corrected chi connectivity index (χ4v) is 4.81. The van der Waals surface area contributed by atoms with Gasteiger partial charge in [0.15, 0.2) is 0 Å². The van der Waals surface area contributed by atoms with E-state index in [2.05, 4.69) is 37.8 Å². The number of ether oxygens (including phenoxy) is 1. The van der Waals surface area contributed by atoms with Crippen molar-refractivity contribution in [1.29, 1.82) is 0 Å². The number of allylic oxidation sites excluding steroid dienone is 1. The van der Waals surface area contributed by atoms with Crippen molar-refractivity contribution in [1.82, 2.24) is 0 Å². The summed E-state index contributed by atoms with van der Waals surface area (Å²) < 4.78 is 6.03. The molecule has 0 aliphatic heterocycles. The molecule has 4 atom stereocenters. The van der Waals surface area contributed by atoms with Crippen LogP contribution in [0.1, 0.15) is 75.3 Å². The van der Waals surface area contributed by atoms with Gasteiger partial charge in [-0.05, 0) is 86.7 Å². The van der Waals surface area contributed by atoms with Gasteiger partial charge in [0.1, 0.15) is 0 Å². The zero-order valence-electron chi connectivity index (χ0n) is 15.4. The lowest BCUT2D eigenvalue weighted by molar-refractivity contribution is -0.0147. The highest BCUT2D eigenvalue weighted by Gasteiger charge is 2.36. The van der Waals surface area contributed by atoms with Crippen molar-refractivity contribution in [2.24, 2.45) is 11.8 Å². The number of benzene rings is 1. The SMILES string of the molecule is C=CCCc1ccc(C2CCC3CC(OCCC)CCC3C2)cc1. The maximum Gasteiger partial charge on any atom is 0.0578 e. The molecule has 0 aromatic heterocycles. The van der Waals surface area contributed by atoms with E-state index in [-0.39, 0.29) is 0 Å². The summed E-state index contributed by atoms with van der Waals surface area (Å²) in [5, 5.41) is 0. The molecule has 0 saturated heterocycles. The van der Waals surface area contributed by atoms with Crippen molar-refractivity contribution < 1.29 is 4.74 Å². The van der Waals surface area contributed by atoms with Crippen LogP contribution in [0.3, 0.4) is 0 Å². The highest BCUT2D eigenvalue weighted by molar-refractivity contribution is 5.26. The fourth-order valence-electron chi connectivity index (χ4n) is 4.81. The summed E-state index contributed by atoms with van der Waals surface area (Å²) >= 11 is 0. The van der Waals surface area contributed by atoms with Crippen LogP contribution in [0.15, 0.2) is 36.9 Å². The molecular weight excluding hydrogens is 292 g/mol. The van der Waals surface area contributed by atoms with Gasteiger partial charge in [0.05, 0.1) is 6.10 Å². The van der Waals surface area contributed by atoms with Crippen LogP contribution in [0, 0.1) is 11.8 Å². The summed E-state index contributed by atoms with van der Waals surface area (Å²) in [6.07, 6.45) is 14.1. The predicted molar refractivity (Wildman–Crippen MR) is 102 cm³/mol. The molecular formula is C23H34O. The van der Waals surface area contributed by atoms with E-state index in [9.17, 15) is 0 Å². The molecule has 2 aliphatic rings. The first kappa shape index (κ1) is 17.7. The Kier molecular flexibility index (Phi) is 6.54. The predicted octanol–water partition coefficient (Wildman–Crippen LogP) is 6.28. The summed E-state index contributed by atoms with van der Waals surface area (Å²) in [6, 6.07) is 9.44. The van der Waals surface area contributed by atoms with E-state index in [1.807, 2.05) is 6.08 Å². The van der Waals surface area contributed by atoms with Gasteiger partial charge in [-0.1, -0.05) is 37.3 Å². The van der Waals surface area contributed by atoms with Crippen LogP contribution < -0.4 is 0 Å². The zero-order chi connectivity index (χ0) is 16.8. The van der Waals surface area contributed by atoms with Gasteiger partial charge in [0.25, 0.3) is 0 Å². The monoisotopic (exact) mass is 326 g/mol. The fraction of sp³-hybridized carbons (Fsp3) is 0.652. The smallest absolute Gasteiger partial charge is 0.0578 e. The molecule has 4 unspecified atom stereocenters. The van der Waals surface area contributed by atoms with E-state index < -0.39 is 0 Å². The molecule has 0 radical (unpaired) electrons. The third-order valence-corrected chi connectivity index (χ3v) is 6.21. The minimum absolute atomic E-state index is 0.548. The van der Waals surface area contributed by atoms with Crippen LogP contribution in [0.5, 0.6) is 0 Å². The Morgan fingerprint density at radius 2 is 1.79 bits per heavy atom. The van der Waals surface area contributed by atoms with Gasteiger partial charge in [0, 0.05) is 6.61 Å². The van der Waals surface area contributed by atoms with Gasteiger partial charge in [-0.15, -0.1) is 6.58 Å². The Labute approximate surface area is 148 Å². The summed E-state index contributed by atoms with van der Waals surface area (Å²) in [6.45, 7) is 6.97. The number of hydrogen-bond donors (Lipinski definition) is 0. The molecule has 1 heteroatoms. The van der Waals surface area contributed by atoms with Crippen LogP contribution in [-0.4, -0.2) is 12.7 Å². The molecule has 2 aliphatic carbocycles. The maximum atomic E-state index is 6.03. The van der Waals surface area contributed by atoms with E-state index in [4.69, 9.17) is 4.74 Å². The van der Waals surface area contributed by atoms with Gasteiger partial charge in [-0.25, -0.2) is 0 Å². The van der Waals surface area contributed by atoms with Crippen molar-refractivity contribution in [2.45, 2.75) is 76.7 Å². The number of fused-ring (bicyclic) bond motifs is 1. The molecule has 2 saturated carbocycles. The summed E-state index contributed by atoms with van der Waals surface area (Å²) in [7, 11) is 0. The highest BCUT2D eigenvalue weighted by atomic mass is 16.5. The van der Waals surface area contributed by atoms with Crippen LogP contribution in [0.4, 0.5) is 0 Å². The topological polar surface area (TPSA) is 9.23 Å². The molecule has 1 aromatic rings. The van der Waals surface area contributed by atoms with Crippen LogP contribution in [0.25, 0.3) is 0 Å². The Morgan fingerprint density at radius 3 is 2.54 bits per heavy atom. The molecule has 0 bridgehead atoms. The quantitative estimate of drug-likeness (QED) is 0.535. The second-order valence-electron chi connectivity index (χ2n) is 7.90. The second kappa shape index (κ2) is 8.85. The van der Waals surface area contributed by atoms with Crippen molar-refractivity contribution in [3.63, 3.8) is 0 Å². The summed E-state index contributed by atoms with van der Waals surface area (Å²) in [4.78, 5) is 0. The Bertz CT molecular complexity index is 503. The minimum atomic E-state index is 0.548. The third kappa shape index (κ3) is 4.51. The summed E-state index contributed by atoms with van der Waals surface area (Å²) in [5.41, 5.74) is 3.01. The first-order valence-corrected chi connectivity index (χ1v) is 10.1. The molecule has 3 rings (SSSR count). The molecule has 0 spiro atoms. The minimum Gasteiger partial charge on any atom is -0.378 e. The Balaban J connectivity index is 1.53. The van der Waals surface area contributed by atoms with E-state index in [0.29, 0.717) is 6.10 Å². The van der Waals surface area contributed by atoms with Crippen molar-refractivity contribution in [2.75, 3.05) is 6.61 Å². The lowest BCUT2D eigenvalue weighted by Crippen LogP contribution is -2.33. The van der Waals surface area contributed by atoms with Gasteiger partial charge in [0.2, 0.25) is 0 Å². The lowest BCUT2D eigenvalue weighted by atomic mass is 9.65. The van der Waals surface area contributed by atoms with Crippen molar-refractivity contribution in [3.05, 3.63) is 48.0 Å². The largest absolute Gasteiger partial charge is 0.378 e. The second-order valence-corrected chi connectivity index (χ2v) is 7.90. The van der Waals surface area contributed by atoms with Gasteiger partial charge in [-0.2, -0.15) is 0 Å². The van der Waals surface area contributed by atoms with Crippen LogP contribution in [0.2, 0.25) is 0 Å². The number of aryl methyl sites for hydroxylation is 1. The molecule has 24 heavy (non-hydrogen) atoms. The van der Waals surface area contributed by atoms with Crippen molar-refractivity contribution >= 4 is 0 Å². The molecule has 0 heterocycles. The number of hydrogen-bond acceptors (Lipinski definition) is 1. The molecule has 0 N–H and O–H groups in total. The molecule has 1 nitrogen and oxygen atoms in total. The van der Waals surface area contributed by atoms with E-state index in [1.165, 1.54) is 44.1 Å². The number of rotatable bonds is 7. The average Bonchev–Trinajstić information content (AvgIpc) is 2.64. The van der Waals surface area contributed by atoms with Crippen LogP contribution >= 0.6 is 0 Å². The standard InChI is InChI=1S/C23H34O/c1-3-5-6-18-7-9-19(10-8-18)20-11-12-22-17-23(24-15-4-2)14-13-21(22)16-20/h3,7-10,20-23H,1,4-6,11-17H2,2H3. The molecule has 132 valence electrons. The normalized spacial score (nSPS) is 29.9. The Hall–Kier alpha value is -1.08. The van der Waals surface area contributed by atoms with E-state index in [1.54, 1.807) is 5.56 Å². The highest BCUT2D eigenvalue weighted by Crippen LogP contribution is 2.46. The van der Waals surface area contributed by atoms with E-state index in [0.717, 1.165) is 43.6 Å².